The van der Waals surface area contributed by atoms with Crippen molar-refractivity contribution >= 4 is 33.4 Å². The molecule has 0 aromatic heterocycles. The van der Waals surface area contributed by atoms with Crippen LogP contribution in [0, 0.1) is 6.92 Å². The number of rotatable bonds is 5. The van der Waals surface area contributed by atoms with Gasteiger partial charge in [0.25, 0.3) is 5.91 Å². The molecule has 2 nitrogen and oxygen atoms in total. The summed E-state index contributed by atoms with van der Waals surface area (Å²) in [5.41, 5.74) is 1.74. The van der Waals surface area contributed by atoms with Crippen LogP contribution in [0.5, 0.6) is 0 Å². The number of aryl methyl sites for hydroxylation is 1. The maximum Gasteiger partial charge on any atom is 0.254 e. The zero-order valence-corrected chi connectivity index (χ0v) is 13.5. The van der Waals surface area contributed by atoms with Crippen LogP contribution in [0.15, 0.2) is 18.2 Å². The Kier molecular flexibility index (Phi) is 5.28. The number of halogens is 2. The van der Waals surface area contributed by atoms with Gasteiger partial charge in [0.2, 0.25) is 0 Å². The lowest BCUT2D eigenvalue weighted by atomic mass is 9.90. The fourth-order valence-electron chi connectivity index (χ4n) is 2.36. The van der Waals surface area contributed by atoms with Crippen LogP contribution in [0.25, 0.3) is 0 Å². The van der Waals surface area contributed by atoms with Crippen molar-refractivity contribution in [2.24, 2.45) is 0 Å². The molecule has 1 fully saturated rings. The molecule has 19 heavy (non-hydrogen) atoms. The lowest BCUT2D eigenvalue weighted by molar-refractivity contribution is 0.0580. The van der Waals surface area contributed by atoms with Gasteiger partial charge in [-0.3, -0.25) is 4.79 Å². The topological polar surface area (TPSA) is 20.3 Å². The second-order valence-corrected chi connectivity index (χ2v) is 6.31. The minimum absolute atomic E-state index is 0.130. The highest BCUT2D eigenvalue weighted by Crippen LogP contribution is 2.27. The molecule has 0 bridgehead atoms. The molecule has 0 N–H and O–H groups in total. The zero-order valence-electron chi connectivity index (χ0n) is 11.2. The van der Waals surface area contributed by atoms with Crippen LogP contribution in [-0.2, 0) is 0 Å². The SMILES string of the molecule is Cc1ccc(Cl)cc1C(=O)N(CCCBr)C1CCC1. The summed E-state index contributed by atoms with van der Waals surface area (Å²) in [6.07, 6.45) is 4.49. The van der Waals surface area contributed by atoms with E-state index in [-0.39, 0.29) is 5.91 Å². The maximum absolute atomic E-state index is 12.7. The van der Waals surface area contributed by atoms with Gasteiger partial charge in [-0.1, -0.05) is 33.6 Å². The molecular formula is C15H19BrClNO. The van der Waals surface area contributed by atoms with Gasteiger partial charge in [0.15, 0.2) is 0 Å². The summed E-state index contributed by atoms with van der Waals surface area (Å²) < 4.78 is 0. The summed E-state index contributed by atoms with van der Waals surface area (Å²) >= 11 is 9.46. The molecule has 0 unspecified atom stereocenters. The predicted octanol–water partition coefficient (Wildman–Crippen LogP) is 4.43. The second-order valence-electron chi connectivity index (χ2n) is 5.09. The smallest absolute Gasteiger partial charge is 0.254 e. The molecule has 1 saturated carbocycles. The van der Waals surface area contributed by atoms with Gasteiger partial charge in [0, 0.05) is 28.5 Å². The van der Waals surface area contributed by atoms with Crippen molar-refractivity contribution in [2.45, 2.75) is 38.6 Å². The first-order chi connectivity index (χ1) is 9.13. The summed E-state index contributed by atoms with van der Waals surface area (Å²) in [7, 11) is 0. The third kappa shape index (κ3) is 3.51. The monoisotopic (exact) mass is 343 g/mol. The Balaban J connectivity index is 2.19. The standard InChI is InChI=1S/C15H19BrClNO/c1-11-6-7-12(17)10-14(11)15(19)18(9-3-8-16)13-4-2-5-13/h6-7,10,13H,2-5,8-9H2,1H3. The van der Waals surface area contributed by atoms with Gasteiger partial charge in [0.1, 0.15) is 0 Å². The Labute approximate surface area is 128 Å². The van der Waals surface area contributed by atoms with Gasteiger partial charge in [-0.05, 0) is 50.3 Å². The van der Waals surface area contributed by atoms with E-state index in [0.29, 0.717) is 11.1 Å². The van der Waals surface area contributed by atoms with Crippen molar-refractivity contribution in [2.75, 3.05) is 11.9 Å². The van der Waals surface area contributed by atoms with Crippen LogP contribution in [0.1, 0.15) is 41.6 Å². The van der Waals surface area contributed by atoms with E-state index in [1.807, 2.05) is 24.0 Å². The first-order valence-electron chi connectivity index (χ1n) is 6.76. The number of hydrogen-bond donors (Lipinski definition) is 0. The zero-order chi connectivity index (χ0) is 13.8. The lowest BCUT2D eigenvalue weighted by Gasteiger charge is -2.38. The van der Waals surface area contributed by atoms with E-state index in [1.54, 1.807) is 6.07 Å². The highest BCUT2D eigenvalue weighted by molar-refractivity contribution is 9.09. The number of hydrogen-bond acceptors (Lipinski definition) is 1. The maximum atomic E-state index is 12.7. The van der Waals surface area contributed by atoms with Gasteiger partial charge in [0.05, 0.1) is 0 Å². The second kappa shape index (κ2) is 6.76. The molecule has 0 aliphatic heterocycles. The number of nitrogens with zero attached hydrogens (tertiary/aromatic N) is 1. The fourth-order valence-corrected chi connectivity index (χ4v) is 2.78. The van der Waals surface area contributed by atoms with Crippen LogP contribution < -0.4 is 0 Å². The third-order valence-electron chi connectivity index (χ3n) is 3.74. The van der Waals surface area contributed by atoms with Crippen LogP contribution >= 0.6 is 27.5 Å². The van der Waals surface area contributed by atoms with Gasteiger partial charge in [-0.25, -0.2) is 0 Å². The van der Waals surface area contributed by atoms with E-state index >= 15 is 0 Å². The van der Waals surface area contributed by atoms with Crippen molar-refractivity contribution in [1.82, 2.24) is 4.90 Å². The average molecular weight is 345 g/mol. The molecule has 1 amide bonds. The minimum atomic E-state index is 0.130. The molecule has 0 saturated heterocycles. The van der Waals surface area contributed by atoms with Crippen LogP contribution in [0.3, 0.4) is 0 Å². The number of carbonyl (C=O) groups excluding carboxylic acids is 1. The Morgan fingerprint density at radius 2 is 2.21 bits per heavy atom. The lowest BCUT2D eigenvalue weighted by Crippen LogP contribution is -2.45. The highest BCUT2D eigenvalue weighted by atomic mass is 79.9. The predicted molar refractivity (Wildman–Crippen MR) is 83.3 cm³/mol. The Bertz CT molecular complexity index is 459. The normalized spacial score (nSPS) is 15.1. The number of amides is 1. The first kappa shape index (κ1) is 14.9. The summed E-state index contributed by atoms with van der Waals surface area (Å²) in [6.45, 7) is 2.79. The summed E-state index contributed by atoms with van der Waals surface area (Å²) in [4.78, 5) is 14.7. The molecule has 0 heterocycles. The summed E-state index contributed by atoms with van der Waals surface area (Å²) in [6, 6.07) is 5.96. The van der Waals surface area contributed by atoms with E-state index in [0.717, 1.165) is 42.3 Å². The van der Waals surface area contributed by atoms with Crippen LogP contribution in [0.4, 0.5) is 0 Å². The average Bonchev–Trinajstić information content (AvgIpc) is 2.34. The molecule has 0 radical (unpaired) electrons. The Hall–Kier alpha value is -0.540. The quantitative estimate of drug-likeness (QED) is 0.724. The first-order valence-corrected chi connectivity index (χ1v) is 8.26. The van der Waals surface area contributed by atoms with Crippen LogP contribution in [0.2, 0.25) is 5.02 Å². The van der Waals surface area contributed by atoms with Gasteiger partial charge >= 0.3 is 0 Å². The van der Waals surface area contributed by atoms with Crippen LogP contribution in [-0.4, -0.2) is 28.7 Å². The summed E-state index contributed by atoms with van der Waals surface area (Å²) in [5.74, 6) is 0.130. The van der Waals surface area contributed by atoms with Crippen molar-refractivity contribution in [3.05, 3.63) is 34.3 Å². The Morgan fingerprint density at radius 3 is 2.79 bits per heavy atom. The van der Waals surface area contributed by atoms with E-state index in [1.165, 1.54) is 6.42 Å². The Morgan fingerprint density at radius 1 is 1.47 bits per heavy atom. The molecule has 0 atom stereocenters. The molecule has 1 aliphatic carbocycles. The largest absolute Gasteiger partial charge is 0.336 e. The minimum Gasteiger partial charge on any atom is -0.336 e. The summed E-state index contributed by atoms with van der Waals surface area (Å²) in [5, 5.41) is 1.56. The van der Waals surface area contributed by atoms with E-state index in [4.69, 9.17) is 11.6 Å². The van der Waals surface area contributed by atoms with E-state index < -0.39 is 0 Å². The van der Waals surface area contributed by atoms with Crippen molar-refractivity contribution in [3.63, 3.8) is 0 Å². The number of carbonyl (C=O) groups is 1. The molecule has 1 aromatic rings. The van der Waals surface area contributed by atoms with E-state index in [9.17, 15) is 4.79 Å². The highest BCUT2D eigenvalue weighted by Gasteiger charge is 2.29. The number of alkyl halides is 1. The third-order valence-corrected chi connectivity index (χ3v) is 4.53. The van der Waals surface area contributed by atoms with Gasteiger partial charge in [-0.15, -0.1) is 0 Å². The fraction of sp³-hybridized carbons (Fsp3) is 0.533. The van der Waals surface area contributed by atoms with Gasteiger partial charge < -0.3 is 4.90 Å². The van der Waals surface area contributed by atoms with E-state index in [2.05, 4.69) is 15.9 Å². The molecular weight excluding hydrogens is 326 g/mol. The number of benzene rings is 1. The molecule has 0 spiro atoms. The molecule has 1 aliphatic rings. The van der Waals surface area contributed by atoms with Gasteiger partial charge in [-0.2, -0.15) is 0 Å². The molecule has 2 rings (SSSR count). The van der Waals surface area contributed by atoms with Crippen molar-refractivity contribution in [1.29, 1.82) is 0 Å². The molecule has 4 heteroatoms. The van der Waals surface area contributed by atoms with Crippen molar-refractivity contribution in [3.8, 4) is 0 Å². The molecule has 104 valence electrons. The van der Waals surface area contributed by atoms with Crippen molar-refractivity contribution < 1.29 is 4.79 Å². The molecule has 1 aromatic carbocycles.